The highest BCUT2D eigenvalue weighted by Crippen LogP contribution is 2.28. The Labute approximate surface area is 200 Å². The summed E-state index contributed by atoms with van der Waals surface area (Å²) in [6.07, 6.45) is 0.0994. The Hall–Kier alpha value is -2.80. The van der Waals surface area contributed by atoms with Crippen molar-refractivity contribution >= 4 is 11.9 Å². The van der Waals surface area contributed by atoms with Gasteiger partial charge in [0.15, 0.2) is 0 Å². The summed E-state index contributed by atoms with van der Waals surface area (Å²) in [5.41, 5.74) is 3.07. The molecule has 2 aromatic carbocycles. The van der Waals surface area contributed by atoms with Crippen molar-refractivity contribution in [1.82, 2.24) is 10.6 Å². The molecule has 1 aliphatic carbocycles. The lowest BCUT2D eigenvalue weighted by Gasteiger charge is -2.26. The van der Waals surface area contributed by atoms with E-state index in [2.05, 4.69) is 10.6 Å². The molecule has 7 heteroatoms. The van der Waals surface area contributed by atoms with Gasteiger partial charge in [-0.15, -0.1) is 0 Å². The third-order valence-electron chi connectivity index (χ3n) is 6.07. The first-order valence-corrected chi connectivity index (χ1v) is 11.9. The molecule has 1 amide bonds. The Morgan fingerprint density at radius 1 is 1.03 bits per heavy atom. The maximum Gasteiger partial charge on any atom is 0.306 e. The van der Waals surface area contributed by atoms with Crippen molar-refractivity contribution in [2.45, 2.75) is 71.0 Å². The largest absolute Gasteiger partial charge is 0.481 e. The Morgan fingerprint density at radius 2 is 1.71 bits per heavy atom. The average molecular weight is 473 g/mol. The number of amides is 1. The number of benzene rings is 2. The quantitative estimate of drug-likeness (QED) is 0.397. The van der Waals surface area contributed by atoms with Gasteiger partial charge in [-0.1, -0.05) is 69.3 Å². The van der Waals surface area contributed by atoms with Gasteiger partial charge in [-0.3, -0.25) is 14.9 Å². The fourth-order valence-electron chi connectivity index (χ4n) is 3.98. The minimum Gasteiger partial charge on any atom is -0.481 e. The number of rotatable bonds is 12. The second kappa shape index (κ2) is 11.6. The molecule has 2 aromatic rings. The third kappa shape index (κ3) is 7.35. The van der Waals surface area contributed by atoms with E-state index in [1.165, 1.54) is 0 Å². The Bertz CT molecular complexity index is 974. The van der Waals surface area contributed by atoms with E-state index >= 15 is 0 Å². The molecule has 1 saturated carbocycles. The lowest BCUT2D eigenvalue weighted by molar-refractivity contribution is -0.141. The first kappa shape index (κ1) is 25.8. The van der Waals surface area contributed by atoms with Crippen LogP contribution >= 0.6 is 0 Å². The summed E-state index contributed by atoms with van der Waals surface area (Å²) in [7, 11) is 0. The van der Waals surface area contributed by atoms with E-state index in [1.807, 2.05) is 38.1 Å². The van der Waals surface area contributed by atoms with Gasteiger partial charge in [0, 0.05) is 6.04 Å². The Kier molecular flexibility index (Phi) is 8.78. The first-order chi connectivity index (χ1) is 16.1. The molecule has 5 nitrogen and oxygen atoms in total. The second-order valence-electron chi connectivity index (χ2n) is 9.71. The molecule has 0 spiro atoms. The monoisotopic (exact) mass is 472 g/mol. The maximum absolute atomic E-state index is 14.0. The zero-order valence-corrected chi connectivity index (χ0v) is 19.9. The third-order valence-corrected chi connectivity index (χ3v) is 6.07. The number of halogens is 2. The van der Waals surface area contributed by atoms with Crippen LogP contribution in [0.1, 0.15) is 57.2 Å². The molecular formula is C27H34F2N2O3. The second-order valence-corrected chi connectivity index (χ2v) is 9.71. The predicted octanol–water partition coefficient (Wildman–Crippen LogP) is 5.21. The van der Waals surface area contributed by atoms with Crippen LogP contribution < -0.4 is 10.6 Å². The van der Waals surface area contributed by atoms with Crippen LogP contribution in [-0.2, 0) is 16.0 Å². The van der Waals surface area contributed by atoms with Gasteiger partial charge < -0.3 is 10.4 Å². The summed E-state index contributed by atoms with van der Waals surface area (Å²) < 4.78 is 28.1. The summed E-state index contributed by atoms with van der Waals surface area (Å²) in [5.74, 6) is -1.38. The molecule has 3 atom stereocenters. The zero-order chi connectivity index (χ0) is 24.8. The number of hydrogen-bond donors (Lipinski definition) is 3. The van der Waals surface area contributed by atoms with Gasteiger partial charge in [0.1, 0.15) is 0 Å². The number of hydrogen-bond acceptors (Lipinski definition) is 3. The van der Waals surface area contributed by atoms with Crippen LogP contribution in [0.15, 0.2) is 48.5 Å². The minimum atomic E-state index is -2.67. The zero-order valence-electron chi connectivity index (χ0n) is 19.9. The van der Waals surface area contributed by atoms with Crippen LogP contribution in [0.25, 0.3) is 11.1 Å². The molecule has 3 rings (SSSR count). The van der Waals surface area contributed by atoms with E-state index in [-0.39, 0.29) is 17.9 Å². The summed E-state index contributed by atoms with van der Waals surface area (Å²) in [6.45, 7) is 5.60. The van der Waals surface area contributed by atoms with Crippen molar-refractivity contribution < 1.29 is 23.5 Å². The van der Waals surface area contributed by atoms with Gasteiger partial charge in [0.05, 0.1) is 18.0 Å². The van der Waals surface area contributed by atoms with E-state index in [9.17, 15) is 18.4 Å². The molecule has 0 heterocycles. The highest BCUT2D eigenvalue weighted by atomic mass is 19.3. The Morgan fingerprint density at radius 3 is 2.26 bits per heavy atom. The van der Waals surface area contributed by atoms with Crippen molar-refractivity contribution in [2.75, 3.05) is 0 Å². The highest BCUT2D eigenvalue weighted by Gasteiger charge is 2.32. The number of carbonyl (C=O) groups is 2. The molecule has 0 aromatic heterocycles. The van der Waals surface area contributed by atoms with Gasteiger partial charge >= 0.3 is 5.97 Å². The van der Waals surface area contributed by atoms with Crippen LogP contribution in [-0.4, -0.2) is 35.5 Å². The molecule has 0 saturated heterocycles. The molecule has 2 unspecified atom stereocenters. The van der Waals surface area contributed by atoms with Crippen LogP contribution in [0, 0.1) is 11.8 Å². The number of carboxylic acid groups (broad SMARTS) is 1. The molecule has 0 radical (unpaired) electrons. The van der Waals surface area contributed by atoms with E-state index < -0.39 is 30.4 Å². The summed E-state index contributed by atoms with van der Waals surface area (Å²) >= 11 is 0. The van der Waals surface area contributed by atoms with Gasteiger partial charge in [-0.2, -0.15) is 0 Å². The van der Waals surface area contributed by atoms with Crippen molar-refractivity contribution in [3.8, 4) is 11.1 Å². The van der Waals surface area contributed by atoms with Crippen LogP contribution in [0.4, 0.5) is 8.78 Å². The fourth-order valence-corrected chi connectivity index (χ4v) is 3.98. The smallest absolute Gasteiger partial charge is 0.306 e. The van der Waals surface area contributed by atoms with Crippen LogP contribution in [0.2, 0.25) is 0 Å². The van der Waals surface area contributed by atoms with Crippen molar-refractivity contribution in [3.63, 3.8) is 0 Å². The maximum atomic E-state index is 14.0. The average Bonchev–Trinajstić information content (AvgIpc) is 3.60. The number of carboxylic acids is 1. The van der Waals surface area contributed by atoms with Gasteiger partial charge in [0.2, 0.25) is 5.91 Å². The SMILES string of the molecule is CC(C)C[C@H](NC(c1ccc(-c2cccc(CC(C)C(=O)O)c2)cc1)C(F)F)C(=O)NC1CC1. The molecule has 0 bridgehead atoms. The molecule has 1 aliphatic rings. The molecule has 184 valence electrons. The number of carbonyl (C=O) groups excluding carboxylic acids is 1. The van der Waals surface area contributed by atoms with E-state index in [0.29, 0.717) is 18.4 Å². The molecular weight excluding hydrogens is 438 g/mol. The fraction of sp³-hybridized carbons (Fsp3) is 0.481. The van der Waals surface area contributed by atoms with Crippen molar-refractivity contribution in [1.29, 1.82) is 0 Å². The normalized spacial score (nSPS) is 16.3. The van der Waals surface area contributed by atoms with E-state index in [0.717, 1.165) is 29.5 Å². The van der Waals surface area contributed by atoms with Crippen molar-refractivity contribution in [2.24, 2.45) is 11.8 Å². The molecule has 34 heavy (non-hydrogen) atoms. The summed E-state index contributed by atoms with van der Waals surface area (Å²) in [5, 5.41) is 15.0. The first-order valence-electron chi connectivity index (χ1n) is 11.9. The van der Waals surface area contributed by atoms with Gasteiger partial charge in [-0.25, -0.2) is 8.78 Å². The van der Waals surface area contributed by atoms with Crippen LogP contribution in [0.3, 0.4) is 0 Å². The topological polar surface area (TPSA) is 78.4 Å². The molecule has 0 aliphatic heterocycles. The minimum absolute atomic E-state index is 0.169. The van der Waals surface area contributed by atoms with E-state index in [1.54, 1.807) is 31.2 Å². The number of aliphatic carboxylic acids is 1. The van der Waals surface area contributed by atoms with Crippen LogP contribution in [0.5, 0.6) is 0 Å². The lowest BCUT2D eigenvalue weighted by atomic mass is 9.95. The molecule has 1 fully saturated rings. The van der Waals surface area contributed by atoms with Gasteiger partial charge in [0.25, 0.3) is 6.43 Å². The summed E-state index contributed by atoms with van der Waals surface area (Å²) in [6, 6.07) is 12.7. The summed E-state index contributed by atoms with van der Waals surface area (Å²) in [4.78, 5) is 23.8. The number of alkyl halides is 2. The molecule has 3 N–H and O–H groups in total. The highest BCUT2D eigenvalue weighted by molar-refractivity contribution is 5.82. The Balaban J connectivity index is 1.76. The lowest BCUT2D eigenvalue weighted by Crippen LogP contribution is -2.48. The van der Waals surface area contributed by atoms with Crippen molar-refractivity contribution in [3.05, 3.63) is 59.7 Å². The van der Waals surface area contributed by atoms with E-state index in [4.69, 9.17) is 5.11 Å². The predicted molar refractivity (Wildman–Crippen MR) is 129 cm³/mol. The van der Waals surface area contributed by atoms with Gasteiger partial charge in [-0.05, 0) is 53.9 Å². The number of nitrogens with one attached hydrogen (secondary N) is 2. The standard InChI is InChI=1S/C27H34F2N2O3/c1-16(2)13-23(26(32)30-22-11-12-22)31-24(25(28)29)20-9-7-19(8-10-20)21-6-4-5-18(15-21)14-17(3)27(33)34/h4-10,15-17,22-25,31H,11-14H2,1-3H3,(H,30,32)(H,33,34)/t17?,23-,24?/m0/s1.